The highest BCUT2D eigenvalue weighted by Gasteiger charge is 2.36. The van der Waals surface area contributed by atoms with Crippen molar-refractivity contribution >= 4 is 35.1 Å². The molecule has 0 saturated carbocycles. The molecule has 0 aliphatic carbocycles. The van der Waals surface area contributed by atoms with Gasteiger partial charge in [-0.15, -0.1) is 11.3 Å². The van der Waals surface area contributed by atoms with Crippen LogP contribution in [0.5, 0.6) is 5.88 Å². The van der Waals surface area contributed by atoms with Gasteiger partial charge in [-0.3, -0.25) is 5.32 Å². The minimum absolute atomic E-state index is 0.00120. The molecule has 0 unspecified atom stereocenters. The molecule has 0 fully saturated rings. The molecule has 18 heteroatoms. The van der Waals surface area contributed by atoms with Crippen LogP contribution in [0.4, 0.5) is 23.8 Å². The van der Waals surface area contributed by atoms with Gasteiger partial charge in [0, 0.05) is 60.6 Å². The number of carbonyl (C=O) groups is 3. The number of aromatic nitrogens is 3. The van der Waals surface area contributed by atoms with E-state index < -0.39 is 29.8 Å². The SMILES string of the molecule is CCNC(=O)Nc1ncc(-c2cc(C(=O)OCCN(C)C)cnc2OCCN(C)C)c(-c2nc(C(F)(F)F)cs2)c1C(=O)OCCN(C)C. The normalized spacial score (nSPS) is 11.6. The van der Waals surface area contributed by atoms with Crippen molar-refractivity contribution in [3.05, 3.63) is 40.7 Å². The Morgan fingerprint density at radius 1 is 0.857 bits per heavy atom. The maximum atomic E-state index is 13.8. The third kappa shape index (κ3) is 11.3. The molecule has 3 heterocycles. The average molecular weight is 711 g/mol. The number of urea groups is 1. The summed E-state index contributed by atoms with van der Waals surface area (Å²) in [4.78, 5) is 57.5. The monoisotopic (exact) mass is 710 g/mol. The van der Waals surface area contributed by atoms with E-state index in [1.54, 1.807) is 25.9 Å². The first kappa shape index (κ1) is 39.1. The number of thiazole rings is 1. The Kier molecular flexibility index (Phi) is 14.2. The Labute approximate surface area is 286 Å². The number of nitrogens with one attached hydrogen (secondary N) is 2. The molecule has 3 aromatic rings. The maximum absolute atomic E-state index is 13.8. The van der Waals surface area contributed by atoms with Crippen molar-refractivity contribution in [1.82, 2.24) is 35.0 Å². The number of esters is 2. The van der Waals surface area contributed by atoms with E-state index in [1.165, 1.54) is 18.5 Å². The Balaban J connectivity index is 2.35. The van der Waals surface area contributed by atoms with Gasteiger partial charge in [0.1, 0.15) is 36.2 Å². The molecule has 268 valence electrons. The number of rotatable bonds is 16. The van der Waals surface area contributed by atoms with Crippen LogP contribution in [0.25, 0.3) is 21.7 Å². The van der Waals surface area contributed by atoms with E-state index in [0.29, 0.717) is 31.0 Å². The van der Waals surface area contributed by atoms with Crippen molar-refractivity contribution in [3.63, 3.8) is 0 Å². The summed E-state index contributed by atoms with van der Waals surface area (Å²) >= 11 is 0.621. The van der Waals surface area contributed by atoms with Crippen molar-refractivity contribution in [2.45, 2.75) is 13.1 Å². The van der Waals surface area contributed by atoms with Gasteiger partial charge >= 0.3 is 24.1 Å². The topological polar surface area (TPSA) is 151 Å². The molecule has 0 atom stereocenters. The fourth-order valence-electron chi connectivity index (χ4n) is 4.06. The molecular weight excluding hydrogens is 669 g/mol. The summed E-state index contributed by atoms with van der Waals surface area (Å²) in [5, 5.41) is 5.60. The zero-order chi connectivity index (χ0) is 36.3. The van der Waals surface area contributed by atoms with Crippen LogP contribution in [-0.2, 0) is 15.7 Å². The number of alkyl halides is 3. The largest absolute Gasteiger partial charge is 0.476 e. The summed E-state index contributed by atoms with van der Waals surface area (Å²) in [6.45, 7) is 3.31. The lowest BCUT2D eigenvalue weighted by molar-refractivity contribution is -0.140. The van der Waals surface area contributed by atoms with Crippen LogP contribution in [0.2, 0.25) is 0 Å². The van der Waals surface area contributed by atoms with Crippen LogP contribution in [0.1, 0.15) is 33.3 Å². The van der Waals surface area contributed by atoms with Gasteiger partial charge in [0.15, 0.2) is 5.69 Å². The molecule has 0 aliphatic heterocycles. The molecule has 3 rings (SSSR count). The van der Waals surface area contributed by atoms with Gasteiger partial charge in [-0.05, 0) is 55.3 Å². The van der Waals surface area contributed by atoms with E-state index in [9.17, 15) is 27.6 Å². The van der Waals surface area contributed by atoms with Crippen molar-refractivity contribution < 1.29 is 41.8 Å². The van der Waals surface area contributed by atoms with E-state index in [2.05, 4.69) is 25.6 Å². The van der Waals surface area contributed by atoms with Crippen LogP contribution < -0.4 is 15.4 Å². The molecule has 0 saturated heterocycles. The average Bonchev–Trinajstić information content (AvgIpc) is 3.51. The molecule has 3 aromatic heterocycles. The van der Waals surface area contributed by atoms with Crippen LogP contribution in [0.15, 0.2) is 23.8 Å². The van der Waals surface area contributed by atoms with E-state index in [0.717, 1.165) is 5.38 Å². The summed E-state index contributed by atoms with van der Waals surface area (Å²) in [6, 6.07) is 0.676. The quantitative estimate of drug-likeness (QED) is 0.208. The van der Waals surface area contributed by atoms with Gasteiger partial charge in [0.25, 0.3) is 0 Å². The number of nitrogens with zero attached hydrogens (tertiary/aromatic N) is 6. The van der Waals surface area contributed by atoms with Gasteiger partial charge in [0.05, 0.1) is 5.56 Å². The number of ether oxygens (including phenoxy) is 3. The molecule has 2 N–H and O–H groups in total. The molecule has 14 nitrogen and oxygen atoms in total. The molecule has 0 spiro atoms. The van der Waals surface area contributed by atoms with Crippen molar-refractivity contribution in [1.29, 1.82) is 0 Å². The molecule has 2 amide bonds. The second-order valence-electron chi connectivity index (χ2n) is 11.4. The first-order valence-corrected chi connectivity index (χ1v) is 16.0. The fourth-order valence-corrected chi connectivity index (χ4v) is 4.95. The molecule has 49 heavy (non-hydrogen) atoms. The summed E-state index contributed by atoms with van der Waals surface area (Å²) in [5.74, 6) is -1.98. The fraction of sp³-hybridized carbons (Fsp3) is 0.484. The zero-order valence-corrected chi connectivity index (χ0v) is 29.3. The lowest BCUT2D eigenvalue weighted by atomic mass is 9.97. The highest BCUT2D eigenvalue weighted by molar-refractivity contribution is 7.13. The van der Waals surface area contributed by atoms with Gasteiger partial charge in [-0.25, -0.2) is 29.3 Å². The van der Waals surface area contributed by atoms with Crippen molar-refractivity contribution in [2.24, 2.45) is 0 Å². The lowest BCUT2D eigenvalue weighted by Crippen LogP contribution is -2.30. The van der Waals surface area contributed by atoms with Crippen molar-refractivity contribution in [3.8, 4) is 27.6 Å². The van der Waals surface area contributed by atoms with Crippen molar-refractivity contribution in [2.75, 3.05) is 93.6 Å². The Hall–Kier alpha value is -4.39. The number of carbonyl (C=O) groups excluding carboxylic acids is 3. The first-order valence-electron chi connectivity index (χ1n) is 15.1. The zero-order valence-electron chi connectivity index (χ0n) is 28.4. The Morgan fingerprint density at radius 2 is 1.47 bits per heavy atom. The number of halogens is 3. The first-order chi connectivity index (χ1) is 23.1. The minimum atomic E-state index is -4.80. The van der Waals surface area contributed by atoms with Gasteiger partial charge in [-0.1, -0.05) is 0 Å². The summed E-state index contributed by atoms with van der Waals surface area (Å²) in [7, 11) is 10.8. The molecule has 0 bridgehead atoms. The predicted molar refractivity (Wildman–Crippen MR) is 178 cm³/mol. The number of amides is 2. The Bertz CT molecular complexity index is 1600. The Morgan fingerprint density at radius 3 is 2.04 bits per heavy atom. The number of likely N-dealkylation sites (N-methyl/N-ethyl adjacent to an activating group) is 3. The van der Waals surface area contributed by atoms with Gasteiger partial charge < -0.3 is 34.2 Å². The molecular formula is C31H41F3N8O6S. The summed E-state index contributed by atoms with van der Waals surface area (Å²) < 4.78 is 58.4. The van der Waals surface area contributed by atoms with Crippen LogP contribution >= 0.6 is 11.3 Å². The standard InChI is InChI=1S/C31H41F3N8O6S/c1-8-35-30(45)39-25-24(29(44)48-14-11-42(6)7)23(27-38-22(18-49-27)31(32,33)34)21(17-36-25)20-15-19(28(43)47-13-10-41(4)5)16-37-26(20)46-12-9-40(2)3/h15-18H,8-14H2,1-7H3,(H2,35,36,39,45). The second kappa shape index (κ2) is 17.8. The summed E-state index contributed by atoms with van der Waals surface area (Å²) in [5.41, 5.74) is -1.54. The highest BCUT2D eigenvalue weighted by atomic mass is 32.1. The van der Waals surface area contributed by atoms with Gasteiger partial charge in [-0.2, -0.15) is 13.2 Å². The maximum Gasteiger partial charge on any atom is 0.434 e. The minimum Gasteiger partial charge on any atom is -0.476 e. The lowest BCUT2D eigenvalue weighted by Gasteiger charge is -2.19. The van der Waals surface area contributed by atoms with Gasteiger partial charge in [0.2, 0.25) is 5.88 Å². The van der Waals surface area contributed by atoms with Crippen LogP contribution in [0, 0.1) is 0 Å². The van der Waals surface area contributed by atoms with Crippen LogP contribution in [-0.4, -0.2) is 136 Å². The predicted octanol–water partition coefficient (Wildman–Crippen LogP) is 3.80. The van der Waals surface area contributed by atoms with Crippen LogP contribution in [0.3, 0.4) is 0 Å². The van der Waals surface area contributed by atoms with E-state index in [4.69, 9.17) is 14.2 Å². The number of anilines is 1. The van der Waals surface area contributed by atoms with E-state index in [1.807, 2.05) is 38.0 Å². The molecule has 0 radical (unpaired) electrons. The highest BCUT2D eigenvalue weighted by Crippen LogP contribution is 2.43. The summed E-state index contributed by atoms with van der Waals surface area (Å²) in [6.07, 6.45) is -2.31. The van der Waals surface area contributed by atoms with E-state index in [-0.39, 0.29) is 70.9 Å². The third-order valence-corrected chi connectivity index (χ3v) is 7.42. The number of pyridine rings is 2. The smallest absolute Gasteiger partial charge is 0.434 e. The third-order valence-electron chi connectivity index (χ3n) is 6.56. The second-order valence-corrected chi connectivity index (χ2v) is 12.3. The number of hydrogen-bond donors (Lipinski definition) is 2. The molecule has 0 aromatic carbocycles. The molecule has 0 aliphatic rings. The number of hydrogen-bond acceptors (Lipinski definition) is 13. The van der Waals surface area contributed by atoms with E-state index >= 15 is 0 Å².